The van der Waals surface area contributed by atoms with E-state index in [1.807, 2.05) is 30.3 Å². The average molecular weight is 486 g/mol. The number of primary sulfonamides is 1. The van der Waals surface area contributed by atoms with Crippen molar-refractivity contribution in [2.75, 3.05) is 18.9 Å². The third-order valence-corrected chi connectivity index (χ3v) is 5.99. The molecule has 0 spiro atoms. The minimum absolute atomic E-state index is 0.0208. The molecule has 11 heteroatoms. The van der Waals surface area contributed by atoms with Gasteiger partial charge in [0.1, 0.15) is 12.1 Å². The summed E-state index contributed by atoms with van der Waals surface area (Å²) in [6.45, 7) is 5.58. The van der Waals surface area contributed by atoms with Gasteiger partial charge in [0.25, 0.3) is 0 Å². The molecule has 1 saturated heterocycles. The van der Waals surface area contributed by atoms with Crippen molar-refractivity contribution in [1.82, 2.24) is 10.2 Å². The minimum atomic E-state index is -3.16. The zero-order valence-electron chi connectivity index (χ0n) is 19.4. The second kappa shape index (κ2) is 13.9. The Morgan fingerprint density at radius 3 is 2.36 bits per heavy atom. The average Bonchev–Trinajstić information content (AvgIpc) is 3.27. The highest BCUT2D eigenvalue weighted by Crippen LogP contribution is 2.19. The molecule has 0 saturated carbocycles. The van der Waals surface area contributed by atoms with E-state index in [0.717, 1.165) is 5.56 Å². The van der Waals surface area contributed by atoms with Gasteiger partial charge >= 0.3 is 11.9 Å². The van der Waals surface area contributed by atoms with Gasteiger partial charge in [0.2, 0.25) is 15.9 Å². The summed E-state index contributed by atoms with van der Waals surface area (Å²) in [7, 11) is -3.16. The summed E-state index contributed by atoms with van der Waals surface area (Å²) in [5, 5.41) is 16.8. The van der Waals surface area contributed by atoms with Gasteiger partial charge in [-0.1, -0.05) is 30.3 Å². The Bertz CT molecular complexity index is 877. The number of sulfonamides is 1. The maximum absolute atomic E-state index is 12.7. The van der Waals surface area contributed by atoms with Crippen LogP contribution in [0, 0.1) is 0 Å². The lowest BCUT2D eigenvalue weighted by Crippen LogP contribution is -2.53. The second-order valence-corrected chi connectivity index (χ2v) is 9.60. The molecule has 0 bridgehead atoms. The van der Waals surface area contributed by atoms with E-state index in [1.54, 1.807) is 13.8 Å². The lowest BCUT2D eigenvalue weighted by Gasteiger charge is -2.27. The number of hydrogen-bond donors (Lipinski definition) is 3. The number of amides is 1. The maximum Gasteiger partial charge on any atom is 0.326 e. The highest BCUT2D eigenvalue weighted by molar-refractivity contribution is 7.89. The normalized spacial score (nSPS) is 17.5. The molecule has 1 aliphatic rings. The number of esters is 1. The van der Waals surface area contributed by atoms with Gasteiger partial charge in [-0.25, -0.2) is 18.4 Å². The van der Waals surface area contributed by atoms with Crippen molar-refractivity contribution in [3.63, 3.8) is 0 Å². The quantitative estimate of drug-likeness (QED) is 0.413. The van der Waals surface area contributed by atoms with Crippen molar-refractivity contribution < 1.29 is 32.6 Å². The van der Waals surface area contributed by atoms with Crippen LogP contribution in [-0.2, 0) is 35.6 Å². The number of likely N-dealkylation sites (tertiary alicyclic amines) is 1. The monoisotopic (exact) mass is 485 g/mol. The molecule has 10 nitrogen and oxygen atoms in total. The third-order valence-electron chi connectivity index (χ3n) is 5.18. The molecular weight excluding hydrogens is 450 g/mol. The molecule has 3 atom stereocenters. The Morgan fingerprint density at radius 1 is 1.24 bits per heavy atom. The highest BCUT2D eigenvalue weighted by Gasteiger charge is 2.36. The first kappa shape index (κ1) is 28.5. The SMILES string of the molecule is CCOC(=O)[C@H](CCc1ccccc1)N[C@@H](C)C(=O)N1CCC[C@H]1C(=O)O.CCS(N)(=O)=O. The molecule has 33 heavy (non-hydrogen) atoms. The van der Waals surface area contributed by atoms with Crippen LogP contribution in [0.4, 0.5) is 0 Å². The zero-order chi connectivity index (χ0) is 25.0. The van der Waals surface area contributed by atoms with Crippen LogP contribution in [0.1, 0.15) is 45.6 Å². The predicted octanol–water partition coefficient (Wildman–Crippen LogP) is 0.899. The van der Waals surface area contributed by atoms with Crippen molar-refractivity contribution in [1.29, 1.82) is 0 Å². The lowest BCUT2D eigenvalue weighted by atomic mass is 10.0. The van der Waals surface area contributed by atoms with E-state index in [9.17, 15) is 27.9 Å². The van der Waals surface area contributed by atoms with Gasteiger partial charge in [0, 0.05) is 6.54 Å². The Balaban J connectivity index is 0.000000801. The second-order valence-electron chi connectivity index (χ2n) is 7.70. The van der Waals surface area contributed by atoms with Crippen LogP contribution >= 0.6 is 0 Å². The molecule has 2 rings (SSSR count). The first-order chi connectivity index (χ1) is 15.5. The summed E-state index contributed by atoms with van der Waals surface area (Å²) >= 11 is 0. The van der Waals surface area contributed by atoms with Crippen molar-refractivity contribution in [2.45, 2.75) is 64.6 Å². The number of hydrogen-bond acceptors (Lipinski definition) is 7. The van der Waals surface area contributed by atoms with Gasteiger partial charge in [-0.2, -0.15) is 0 Å². The van der Waals surface area contributed by atoms with Crippen molar-refractivity contribution in [3.8, 4) is 0 Å². The van der Waals surface area contributed by atoms with Crippen LogP contribution in [-0.4, -0.2) is 73.3 Å². The van der Waals surface area contributed by atoms with E-state index in [2.05, 4.69) is 10.5 Å². The molecule has 1 amide bonds. The number of ether oxygens (including phenoxy) is 1. The number of nitrogens with zero attached hydrogens (tertiary/aromatic N) is 1. The summed E-state index contributed by atoms with van der Waals surface area (Å²) in [6.07, 6.45) is 2.29. The number of rotatable bonds is 10. The van der Waals surface area contributed by atoms with Crippen LogP contribution in [0.3, 0.4) is 0 Å². The van der Waals surface area contributed by atoms with Crippen LogP contribution in [0.5, 0.6) is 0 Å². The molecule has 4 N–H and O–H groups in total. The summed E-state index contributed by atoms with van der Waals surface area (Å²) in [4.78, 5) is 37.7. The van der Waals surface area contributed by atoms with Crippen LogP contribution < -0.4 is 10.5 Å². The molecule has 1 heterocycles. The van der Waals surface area contributed by atoms with Crippen molar-refractivity contribution in [3.05, 3.63) is 35.9 Å². The maximum atomic E-state index is 12.7. The standard InChI is InChI=1S/C20H28N2O5.C2H7NO2S/c1-3-27-20(26)16(12-11-15-8-5-4-6-9-15)21-14(2)18(23)22-13-7-10-17(22)19(24)25;1-2-6(3,4)5/h4-6,8-9,14,16-17,21H,3,7,10-13H2,1-2H3,(H,24,25);2H2,1H3,(H2,3,4,5)/t14-,16-,17-;/m0./s1. The third kappa shape index (κ3) is 10.3. The molecule has 1 fully saturated rings. The number of carboxylic acid groups (broad SMARTS) is 1. The Labute approximate surface area is 195 Å². The summed E-state index contributed by atoms with van der Waals surface area (Å²) in [5.41, 5.74) is 1.10. The fourth-order valence-corrected chi connectivity index (χ4v) is 3.38. The number of benzene rings is 1. The minimum Gasteiger partial charge on any atom is -0.480 e. The summed E-state index contributed by atoms with van der Waals surface area (Å²) < 4.78 is 24.7. The number of carboxylic acids is 1. The number of aryl methyl sites for hydroxylation is 1. The predicted molar refractivity (Wildman–Crippen MR) is 124 cm³/mol. The van der Waals surface area contributed by atoms with E-state index in [-0.39, 0.29) is 18.3 Å². The fourth-order valence-electron chi connectivity index (χ4n) is 3.38. The summed E-state index contributed by atoms with van der Waals surface area (Å²) in [6, 6.07) is 7.69. The fraction of sp³-hybridized carbons (Fsp3) is 0.591. The molecule has 0 aromatic heterocycles. The van der Waals surface area contributed by atoms with Gasteiger partial charge in [-0.15, -0.1) is 0 Å². The van der Waals surface area contributed by atoms with E-state index in [0.29, 0.717) is 32.2 Å². The number of carbonyl (C=O) groups is 3. The highest BCUT2D eigenvalue weighted by atomic mass is 32.2. The van der Waals surface area contributed by atoms with E-state index in [1.165, 1.54) is 11.8 Å². The summed E-state index contributed by atoms with van der Waals surface area (Å²) in [5.74, 6) is -1.66. The lowest BCUT2D eigenvalue weighted by molar-refractivity contribution is -0.150. The topological polar surface area (TPSA) is 156 Å². The van der Waals surface area contributed by atoms with E-state index < -0.39 is 40.1 Å². The molecule has 0 radical (unpaired) electrons. The van der Waals surface area contributed by atoms with Crippen LogP contribution in [0.2, 0.25) is 0 Å². The van der Waals surface area contributed by atoms with Crippen molar-refractivity contribution >= 4 is 27.9 Å². The van der Waals surface area contributed by atoms with E-state index in [4.69, 9.17) is 4.74 Å². The van der Waals surface area contributed by atoms with Gasteiger partial charge in [-0.05, 0) is 52.0 Å². The van der Waals surface area contributed by atoms with Gasteiger partial charge in [0.05, 0.1) is 18.4 Å². The number of nitrogens with one attached hydrogen (secondary N) is 1. The Morgan fingerprint density at radius 2 is 1.85 bits per heavy atom. The van der Waals surface area contributed by atoms with Gasteiger partial charge in [-0.3, -0.25) is 14.9 Å². The molecule has 1 aromatic carbocycles. The molecular formula is C22H35N3O7S. The number of carbonyl (C=O) groups excluding carboxylic acids is 2. The van der Waals surface area contributed by atoms with Crippen LogP contribution in [0.15, 0.2) is 30.3 Å². The van der Waals surface area contributed by atoms with Gasteiger partial charge < -0.3 is 14.7 Å². The largest absolute Gasteiger partial charge is 0.480 e. The molecule has 186 valence electrons. The van der Waals surface area contributed by atoms with Gasteiger partial charge in [0.15, 0.2) is 0 Å². The Kier molecular flexibility index (Phi) is 12.0. The molecule has 1 aromatic rings. The zero-order valence-corrected chi connectivity index (χ0v) is 20.2. The number of nitrogens with two attached hydrogens (primary N) is 1. The Hall–Kier alpha value is -2.50. The van der Waals surface area contributed by atoms with E-state index >= 15 is 0 Å². The van der Waals surface area contributed by atoms with Crippen molar-refractivity contribution in [2.24, 2.45) is 5.14 Å². The molecule has 1 aliphatic heterocycles. The first-order valence-electron chi connectivity index (χ1n) is 11.0. The molecule has 0 unspecified atom stereocenters. The first-order valence-corrected chi connectivity index (χ1v) is 12.7. The van der Waals surface area contributed by atoms with Crippen LogP contribution in [0.25, 0.3) is 0 Å². The number of aliphatic carboxylic acids is 1. The molecule has 0 aliphatic carbocycles. The smallest absolute Gasteiger partial charge is 0.326 e.